The van der Waals surface area contributed by atoms with E-state index in [0.717, 1.165) is 55.3 Å². The molecule has 44 heavy (non-hydrogen) atoms. The number of hydrogen-bond donors (Lipinski definition) is 0. The van der Waals surface area contributed by atoms with E-state index in [1.165, 1.54) is 10.8 Å². The third-order valence-corrected chi connectivity index (χ3v) is 8.26. The summed E-state index contributed by atoms with van der Waals surface area (Å²) in [4.78, 5) is 14.9. The Labute approximate surface area is 252 Å². The number of para-hydroxylation sites is 3. The van der Waals surface area contributed by atoms with E-state index in [1.54, 1.807) is 0 Å². The molecule has 0 saturated carbocycles. The molecule has 0 aliphatic carbocycles. The van der Waals surface area contributed by atoms with Crippen molar-refractivity contribution in [3.05, 3.63) is 146 Å². The summed E-state index contributed by atoms with van der Waals surface area (Å²) in [5, 5.41) is 4.42. The first kappa shape index (κ1) is 24.5. The molecule has 0 aliphatic heterocycles. The zero-order chi connectivity index (χ0) is 29.0. The predicted octanol–water partition coefficient (Wildman–Crippen LogP) is 9.87. The van der Waals surface area contributed by atoms with E-state index in [4.69, 9.17) is 19.4 Å². The van der Waals surface area contributed by atoms with Crippen molar-refractivity contribution in [2.24, 2.45) is 0 Å². The molecule has 9 rings (SSSR count). The molecule has 0 spiro atoms. The summed E-state index contributed by atoms with van der Waals surface area (Å²) in [7, 11) is 0. The van der Waals surface area contributed by atoms with E-state index in [-0.39, 0.29) is 0 Å². The second-order valence-electron chi connectivity index (χ2n) is 10.8. The molecule has 6 aromatic carbocycles. The Morgan fingerprint density at radius 1 is 0.432 bits per heavy atom. The number of hydrogen-bond acceptors (Lipinski definition) is 4. The third kappa shape index (κ3) is 3.76. The first-order chi connectivity index (χ1) is 21.8. The van der Waals surface area contributed by atoms with Crippen molar-refractivity contribution < 1.29 is 4.42 Å². The van der Waals surface area contributed by atoms with Crippen LogP contribution >= 0.6 is 0 Å². The molecule has 0 aliphatic rings. The lowest BCUT2D eigenvalue weighted by molar-refractivity contribution is 0.666. The first-order valence-corrected chi connectivity index (χ1v) is 14.6. The van der Waals surface area contributed by atoms with E-state index in [9.17, 15) is 0 Å². The van der Waals surface area contributed by atoms with Gasteiger partial charge >= 0.3 is 0 Å². The van der Waals surface area contributed by atoms with E-state index in [0.29, 0.717) is 17.5 Å². The number of rotatable bonds is 4. The summed E-state index contributed by atoms with van der Waals surface area (Å²) in [5.74, 6) is 1.86. The van der Waals surface area contributed by atoms with Crippen LogP contribution in [-0.2, 0) is 0 Å². The Kier molecular flexibility index (Phi) is 5.43. The standard InChI is InChI=1S/C39H24N4O/c1-3-13-25(14-4-1)37-40-38(26-15-5-2-6-16-26)42-39(41-37)30-20-12-24-34-35(30)29-19-11-23-33(36(29)44-34)43-31-21-9-7-17-27(31)28-18-8-10-22-32(28)43/h1-24H. The van der Waals surface area contributed by atoms with E-state index in [1.807, 2.05) is 72.8 Å². The van der Waals surface area contributed by atoms with Gasteiger partial charge in [-0.3, -0.25) is 0 Å². The van der Waals surface area contributed by atoms with Gasteiger partial charge in [-0.15, -0.1) is 0 Å². The highest BCUT2D eigenvalue weighted by Crippen LogP contribution is 2.41. The van der Waals surface area contributed by atoms with Crippen LogP contribution in [0.25, 0.3) is 83.6 Å². The van der Waals surface area contributed by atoms with Gasteiger partial charge in [-0.1, -0.05) is 121 Å². The molecule has 5 nitrogen and oxygen atoms in total. The molecule has 0 unspecified atom stereocenters. The zero-order valence-electron chi connectivity index (χ0n) is 23.6. The van der Waals surface area contributed by atoms with Crippen molar-refractivity contribution in [3.63, 3.8) is 0 Å². The van der Waals surface area contributed by atoms with Crippen LogP contribution in [0.2, 0.25) is 0 Å². The Morgan fingerprint density at radius 2 is 0.955 bits per heavy atom. The van der Waals surface area contributed by atoms with Crippen LogP contribution in [0, 0.1) is 0 Å². The molecule has 0 amide bonds. The van der Waals surface area contributed by atoms with Crippen molar-refractivity contribution in [3.8, 4) is 39.9 Å². The van der Waals surface area contributed by atoms with Crippen LogP contribution in [0.4, 0.5) is 0 Å². The quantitative estimate of drug-likeness (QED) is 0.213. The zero-order valence-corrected chi connectivity index (χ0v) is 23.6. The summed E-state index contributed by atoms with van der Waals surface area (Å²) in [6.45, 7) is 0. The monoisotopic (exact) mass is 564 g/mol. The van der Waals surface area contributed by atoms with Gasteiger partial charge < -0.3 is 8.98 Å². The minimum Gasteiger partial charge on any atom is -0.454 e. The number of aromatic nitrogens is 4. The summed E-state index contributed by atoms with van der Waals surface area (Å²) in [6.07, 6.45) is 0. The minimum atomic E-state index is 0.605. The van der Waals surface area contributed by atoms with Gasteiger partial charge in [-0.2, -0.15) is 0 Å². The van der Waals surface area contributed by atoms with Gasteiger partial charge in [0.05, 0.1) is 16.7 Å². The number of benzene rings is 6. The number of furan rings is 1. The van der Waals surface area contributed by atoms with Crippen molar-refractivity contribution in [2.75, 3.05) is 0 Å². The van der Waals surface area contributed by atoms with Crippen LogP contribution in [0.5, 0.6) is 0 Å². The van der Waals surface area contributed by atoms with Crippen LogP contribution in [-0.4, -0.2) is 19.5 Å². The van der Waals surface area contributed by atoms with Crippen LogP contribution < -0.4 is 0 Å². The fraction of sp³-hybridized carbons (Fsp3) is 0. The molecule has 3 heterocycles. The van der Waals surface area contributed by atoms with Crippen LogP contribution in [0.15, 0.2) is 150 Å². The van der Waals surface area contributed by atoms with Crippen molar-refractivity contribution in [1.29, 1.82) is 0 Å². The van der Waals surface area contributed by atoms with E-state index in [2.05, 4.69) is 77.4 Å². The smallest absolute Gasteiger partial charge is 0.164 e. The molecule has 9 aromatic rings. The number of nitrogens with zero attached hydrogens (tertiary/aromatic N) is 4. The molecule has 5 heteroatoms. The highest BCUT2D eigenvalue weighted by Gasteiger charge is 2.21. The summed E-state index contributed by atoms with van der Waals surface area (Å²) < 4.78 is 9.01. The van der Waals surface area contributed by atoms with Gasteiger partial charge in [-0.25, -0.2) is 15.0 Å². The normalized spacial score (nSPS) is 11.6. The van der Waals surface area contributed by atoms with Gasteiger partial charge in [0.2, 0.25) is 0 Å². The first-order valence-electron chi connectivity index (χ1n) is 14.6. The second-order valence-corrected chi connectivity index (χ2v) is 10.8. The molecule has 0 fully saturated rings. The maximum absolute atomic E-state index is 6.71. The second kappa shape index (κ2) is 9.75. The van der Waals surface area contributed by atoms with Crippen LogP contribution in [0.3, 0.4) is 0 Å². The van der Waals surface area contributed by atoms with Crippen molar-refractivity contribution in [2.45, 2.75) is 0 Å². The topological polar surface area (TPSA) is 56.7 Å². The van der Waals surface area contributed by atoms with E-state index >= 15 is 0 Å². The highest BCUT2D eigenvalue weighted by molar-refractivity contribution is 6.15. The highest BCUT2D eigenvalue weighted by atomic mass is 16.3. The molecule has 3 aromatic heterocycles. The van der Waals surface area contributed by atoms with Crippen LogP contribution in [0.1, 0.15) is 0 Å². The van der Waals surface area contributed by atoms with Gasteiger partial charge in [0.1, 0.15) is 5.58 Å². The molecule has 0 radical (unpaired) electrons. The molecule has 0 bridgehead atoms. The molecule has 0 atom stereocenters. The fourth-order valence-corrected chi connectivity index (χ4v) is 6.31. The summed E-state index contributed by atoms with van der Waals surface area (Å²) >= 11 is 0. The van der Waals surface area contributed by atoms with Gasteiger partial charge in [0, 0.05) is 38.2 Å². The van der Waals surface area contributed by atoms with Crippen molar-refractivity contribution in [1.82, 2.24) is 19.5 Å². The molecule has 0 N–H and O–H groups in total. The summed E-state index contributed by atoms with van der Waals surface area (Å²) in [6, 6.07) is 49.6. The average Bonchev–Trinajstić information content (AvgIpc) is 3.65. The lowest BCUT2D eigenvalue weighted by Crippen LogP contribution is -2.00. The lowest BCUT2D eigenvalue weighted by atomic mass is 10.0. The van der Waals surface area contributed by atoms with Gasteiger partial charge in [-0.05, 0) is 24.3 Å². The average molecular weight is 565 g/mol. The minimum absolute atomic E-state index is 0.605. The molecular weight excluding hydrogens is 540 g/mol. The Bertz CT molecular complexity index is 2380. The lowest BCUT2D eigenvalue weighted by Gasteiger charge is -2.09. The maximum Gasteiger partial charge on any atom is 0.164 e. The summed E-state index contributed by atoms with van der Waals surface area (Å²) in [5.41, 5.74) is 7.65. The maximum atomic E-state index is 6.71. The number of fused-ring (bicyclic) bond motifs is 6. The predicted molar refractivity (Wildman–Crippen MR) is 178 cm³/mol. The Morgan fingerprint density at radius 3 is 1.59 bits per heavy atom. The third-order valence-electron chi connectivity index (χ3n) is 8.26. The SMILES string of the molecule is c1ccc(-c2nc(-c3ccccc3)nc(-c3cccc4oc5c(-n6c7ccccc7c7ccccc76)cccc5c34)n2)cc1. The Balaban J connectivity index is 1.32. The Hall–Kier alpha value is -6.07. The van der Waals surface area contributed by atoms with Crippen molar-refractivity contribution >= 4 is 43.7 Å². The van der Waals surface area contributed by atoms with E-state index < -0.39 is 0 Å². The molecule has 0 saturated heterocycles. The fourth-order valence-electron chi connectivity index (χ4n) is 6.31. The molecular formula is C39H24N4O. The van der Waals surface area contributed by atoms with Gasteiger partial charge in [0.15, 0.2) is 23.1 Å². The largest absolute Gasteiger partial charge is 0.454 e. The van der Waals surface area contributed by atoms with Gasteiger partial charge in [0.25, 0.3) is 0 Å². The molecule has 206 valence electrons.